The normalized spacial score (nSPS) is 10.2. The second-order valence-electron chi connectivity index (χ2n) is 3.94. The number of nitrogens with two attached hydrogens (primary N) is 1. The van der Waals surface area contributed by atoms with E-state index in [4.69, 9.17) is 5.73 Å². The van der Waals surface area contributed by atoms with Crippen molar-refractivity contribution < 1.29 is 0 Å². The molecule has 1 heterocycles. The summed E-state index contributed by atoms with van der Waals surface area (Å²) in [6.07, 6.45) is 2.45. The van der Waals surface area contributed by atoms with E-state index in [0.29, 0.717) is 5.82 Å². The van der Waals surface area contributed by atoms with Crippen molar-refractivity contribution in [2.75, 3.05) is 17.6 Å². The molecule has 1 aromatic heterocycles. The number of aromatic nitrogens is 2. The molecule has 0 spiro atoms. The molecular formula is C13H16N4. The lowest BCUT2D eigenvalue weighted by atomic mass is 10.2. The van der Waals surface area contributed by atoms with Crippen molar-refractivity contribution in [3.63, 3.8) is 0 Å². The maximum absolute atomic E-state index is 5.59. The summed E-state index contributed by atoms with van der Waals surface area (Å²) < 4.78 is 0. The molecule has 0 amide bonds. The van der Waals surface area contributed by atoms with Gasteiger partial charge in [0.15, 0.2) is 0 Å². The number of hydrogen-bond acceptors (Lipinski definition) is 4. The van der Waals surface area contributed by atoms with Crippen molar-refractivity contribution in [3.8, 4) is 0 Å². The number of nitrogens with one attached hydrogen (secondary N) is 1. The van der Waals surface area contributed by atoms with Crippen molar-refractivity contribution in [1.82, 2.24) is 9.97 Å². The van der Waals surface area contributed by atoms with Crippen LogP contribution in [0.4, 0.5) is 11.5 Å². The predicted octanol–water partition coefficient (Wildman–Crippen LogP) is 2.02. The second kappa shape index (κ2) is 5.30. The fraction of sp³-hybridized carbons (Fsp3) is 0.231. The average Bonchev–Trinajstić information content (AvgIpc) is 2.29. The van der Waals surface area contributed by atoms with Crippen LogP contribution in [-0.4, -0.2) is 16.5 Å². The van der Waals surface area contributed by atoms with Gasteiger partial charge in [-0.2, -0.15) is 0 Å². The van der Waals surface area contributed by atoms with E-state index >= 15 is 0 Å². The van der Waals surface area contributed by atoms with Gasteiger partial charge in [0.2, 0.25) is 0 Å². The first kappa shape index (κ1) is 11.4. The maximum Gasteiger partial charge on any atom is 0.132 e. The standard InChI is InChI=1S/C13H16N4/c1-10-3-2-4-11(9-10)15-8-6-13-16-7-5-12(14)17-13/h2-5,7,9,15H,6,8H2,1H3,(H2,14,16,17). The van der Waals surface area contributed by atoms with E-state index < -0.39 is 0 Å². The molecule has 1 aromatic carbocycles. The monoisotopic (exact) mass is 228 g/mol. The van der Waals surface area contributed by atoms with Crippen LogP contribution >= 0.6 is 0 Å². The zero-order valence-corrected chi connectivity index (χ0v) is 9.85. The third-order valence-corrected chi connectivity index (χ3v) is 2.42. The SMILES string of the molecule is Cc1cccc(NCCc2nccc(N)n2)c1. The molecule has 2 aromatic rings. The zero-order valence-electron chi connectivity index (χ0n) is 9.85. The quantitative estimate of drug-likeness (QED) is 0.840. The Morgan fingerprint density at radius 3 is 2.94 bits per heavy atom. The van der Waals surface area contributed by atoms with Crippen molar-refractivity contribution in [2.45, 2.75) is 13.3 Å². The number of nitrogens with zero attached hydrogens (tertiary/aromatic N) is 2. The smallest absolute Gasteiger partial charge is 0.132 e. The Balaban J connectivity index is 1.87. The lowest BCUT2D eigenvalue weighted by Gasteiger charge is -2.06. The Hall–Kier alpha value is -2.10. The summed E-state index contributed by atoms with van der Waals surface area (Å²) in [6.45, 7) is 2.87. The van der Waals surface area contributed by atoms with Crippen LogP contribution in [-0.2, 0) is 6.42 Å². The minimum absolute atomic E-state index is 0.519. The summed E-state index contributed by atoms with van der Waals surface area (Å²) in [5.74, 6) is 1.29. The summed E-state index contributed by atoms with van der Waals surface area (Å²) in [5.41, 5.74) is 7.95. The molecular weight excluding hydrogens is 212 g/mol. The molecule has 2 rings (SSSR count). The van der Waals surface area contributed by atoms with Crippen LogP contribution < -0.4 is 11.1 Å². The molecule has 0 fully saturated rings. The van der Waals surface area contributed by atoms with Crippen molar-refractivity contribution in [3.05, 3.63) is 47.9 Å². The number of benzene rings is 1. The Labute approximate surface area is 101 Å². The van der Waals surface area contributed by atoms with Gasteiger partial charge in [-0.1, -0.05) is 12.1 Å². The Morgan fingerprint density at radius 1 is 1.29 bits per heavy atom. The molecule has 0 unspecified atom stereocenters. The lowest BCUT2D eigenvalue weighted by Crippen LogP contribution is -2.08. The molecule has 4 heteroatoms. The van der Waals surface area contributed by atoms with E-state index in [1.807, 2.05) is 12.1 Å². The average molecular weight is 228 g/mol. The zero-order chi connectivity index (χ0) is 12.1. The van der Waals surface area contributed by atoms with Crippen LogP contribution in [0.5, 0.6) is 0 Å². The summed E-state index contributed by atoms with van der Waals surface area (Å²) >= 11 is 0. The largest absolute Gasteiger partial charge is 0.385 e. The van der Waals surface area contributed by atoms with E-state index in [1.165, 1.54) is 5.56 Å². The van der Waals surface area contributed by atoms with Crippen molar-refractivity contribution in [2.24, 2.45) is 0 Å². The van der Waals surface area contributed by atoms with Gasteiger partial charge in [0.05, 0.1) is 0 Å². The molecule has 0 atom stereocenters. The van der Waals surface area contributed by atoms with Gasteiger partial charge in [0.1, 0.15) is 11.6 Å². The molecule has 0 radical (unpaired) electrons. The number of nitrogen functional groups attached to an aromatic ring is 1. The summed E-state index contributed by atoms with van der Waals surface area (Å²) in [7, 11) is 0. The lowest BCUT2D eigenvalue weighted by molar-refractivity contribution is 0.898. The highest BCUT2D eigenvalue weighted by Crippen LogP contribution is 2.09. The summed E-state index contributed by atoms with van der Waals surface area (Å²) in [4.78, 5) is 8.31. The van der Waals surface area contributed by atoms with Crippen LogP contribution in [0.15, 0.2) is 36.5 Å². The van der Waals surface area contributed by atoms with Crippen molar-refractivity contribution in [1.29, 1.82) is 0 Å². The minimum atomic E-state index is 0.519. The first-order chi connectivity index (χ1) is 8.24. The minimum Gasteiger partial charge on any atom is -0.385 e. The molecule has 0 aliphatic carbocycles. The first-order valence-electron chi connectivity index (χ1n) is 5.62. The third kappa shape index (κ3) is 3.45. The van der Waals surface area contributed by atoms with Crippen molar-refractivity contribution >= 4 is 11.5 Å². The molecule has 0 aliphatic heterocycles. The molecule has 0 bridgehead atoms. The van der Waals surface area contributed by atoms with Gasteiger partial charge in [-0.25, -0.2) is 9.97 Å². The van der Waals surface area contributed by atoms with Crippen LogP contribution in [0.1, 0.15) is 11.4 Å². The number of rotatable bonds is 4. The first-order valence-corrected chi connectivity index (χ1v) is 5.62. The number of anilines is 2. The van der Waals surface area contributed by atoms with Gasteiger partial charge in [-0.15, -0.1) is 0 Å². The van der Waals surface area contributed by atoms with Gasteiger partial charge in [-0.05, 0) is 30.7 Å². The summed E-state index contributed by atoms with van der Waals surface area (Å²) in [6, 6.07) is 9.96. The highest BCUT2D eigenvalue weighted by atomic mass is 14.9. The van der Waals surface area contributed by atoms with Crippen LogP contribution in [0.25, 0.3) is 0 Å². The van der Waals surface area contributed by atoms with Gasteiger partial charge in [-0.3, -0.25) is 0 Å². The van der Waals surface area contributed by atoms with E-state index in [-0.39, 0.29) is 0 Å². The van der Waals surface area contributed by atoms with Gasteiger partial charge in [0, 0.05) is 24.8 Å². The highest BCUT2D eigenvalue weighted by molar-refractivity contribution is 5.45. The van der Waals surface area contributed by atoms with E-state index in [2.05, 4.69) is 34.3 Å². The second-order valence-corrected chi connectivity index (χ2v) is 3.94. The maximum atomic E-state index is 5.59. The highest BCUT2D eigenvalue weighted by Gasteiger charge is 1.97. The molecule has 17 heavy (non-hydrogen) atoms. The number of aryl methyl sites for hydroxylation is 1. The van der Waals surface area contributed by atoms with Crippen LogP contribution in [0.3, 0.4) is 0 Å². The van der Waals surface area contributed by atoms with Crippen LogP contribution in [0, 0.1) is 6.92 Å². The molecule has 0 saturated carbocycles. The Kier molecular flexibility index (Phi) is 3.55. The van der Waals surface area contributed by atoms with Gasteiger partial charge < -0.3 is 11.1 Å². The third-order valence-electron chi connectivity index (χ3n) is 2.42. The van der Waals surface area contributed by atoms with E-state index in [0.717, 1.165) is 24.5 Å². The molecule has 4 nitrogen and oxygen atoms in total. The molecule has 88 valence electrons. The number of hydrogen-bond donors (Lipinski definition) is 2. The molecule has 0 aliphatic rings. The van der Waals surface area contributed by atoms with E-state index in [1.54, 1.807) is 12.3 Å². The van der Waals surface area contributed by atoms with Crippen LogP contribution in [0.2, 0.25) is 0 Å². The summed E-state index contributed by atoms with van der Waals surface area (Å²) in [5, 5.41) is 3.33. The van der Waals surface area contributed by atoms with Gasteiger partial charge >= 0.3 is 0 Å². The van der Waals surface area contributed by atoms with E-state index in [9.17, 15) is 0 Å². The Bertz CT molecular complexity index is 451. The fourth-order valence-corrected chi connectivity index (χ4v) is 1.61. The van der Waals surface area contributed by atoms with Gasteiger partial charge in [0.25, 0.3) is 0 Å². The molecule has 3 N–H and O–H groups in total. The topological polar surface area (TPSA) is 63.8 Å². The molecule has 0 saturated heterocycles. The fourth-order valence-electron chi connectivity index (χ4n) is 1.61. The Morgan fingerprint density at radius 2 is 2.18 bits per heavy atom. The predicted molar refractivity (Wildman–Crippen MR) is 69.8 cm³/mol.